The first kappa shape index (κ1) is 22.6. The van der Waals surface area contributed by atoms with E-state index in [0.29, 0.717) is 31.9 Å². The maximum absolute atomic E-state index is 12.8. The van der Waals surface area contributed by atoms with Gasteiger partial charge in [0.1, 0.15) is 5.75 Å². The predicted molar refractivity (Wildman–Crippen MR) is 124 cm³/mol. The van der Waals surface area contributed by atoms with Gasteiger partial charge in [0.15, 0.2) is 0 Å². The molecule has 2 aliphatic heterocycles. The summed E-state index contributed by atoms with van der Waals surface area (Å²) in [4.78, 5) is 17.3. The molecule has 2 heterocycles. The minimum absolute atomic E-state index is 0.129. The van der Waals surface area contributed by atoms with Crippen LogP contribution >= 0.6 is 0 Å². The van der Waals surface area contributed by atoms with Gasteiger partial charge in [-0.05, 0) is 56.2 Å². The van der Waals surface area contributed by atoms with Gasteiger partial charge in [-0.15, -0.1) is 0 Å². The van der Waals surface area contributed by atoms with Gasteiger partial charge in [-0.25, -0.2) is 8.42 Å². The van der Waals surface area contributed by atoms with Gasteiger partial charge in [-0.2, -0.15) is 4.31 Å². The summed E-state index contributed by atoms with van der Waals surface area (Å²) in [5.74, 6) is 0.137. The van der Waals surface area contributed by atoms with Gasteiger partial charge < -0.3 is 15.3 Å². The fraction of sp³-hybridized carbons (Fsp3) is 0.435. The summed E-state index contributed by atoms with van der Waals surface area (Å²) in [6, 6.07) is 13.4. The summed E-state index contributed by atoms with van der Waals surface area (Å²) in [6.45, 7) is 5.85. The highest BCUT2D eigenvalue weighted by Crippen LogP contribution is 2.27. The quantitative estimate of drug-likeness (QED) is 0.690. The van der Waals surface area contributed by atoms with E-state index >= 15 is 0 Å². The Kier molecular flexibility index (Phi) is 6.68. The highest BCUT2D eigenvalue weighted by Gasteiger charge is 2.28. The zero-order valence-electron chi connectivity index (χ0n) is 18.3. The predicted octanol–water partition coefficient (Wildman–Crippen LogP) is 2.33. The van der Waals surface area contributed by atoms with Crippen molar-refractivity contribution in [3.05, 3.63) is 48.5 Å². The molecule has 0 unspecified atom stereocenters. The molecule has 8 nitrogen and oxygen atoms in total. The van der Waals surface area contributed by atoms with Crippen molar-refractivity contribution in [2.45, 2.75) is 30.7 Å². The van der Waals surface area contributed by atoms with Crippen LogP contribution in [0.3, 0.4) is 0 Å². The number of rotatable bonds is 6. The number of hydrogen-bond acceptors (Lipinski definition) is 6. The number of amides is 1. The lowest BCUT2D eigenvalue weighted by Crippen LogP contribution is -2.52. The number of carbonyl (C=O) groups excluding carboxylic acids is 1. The fourth-order valence-corrected chi connectivity index (χ4v) is 5.80. The Hall–Kier alpha value is -2.62. The van der Waals surface area contributed by atoms with Crippen LogP contribution in [0.2, 0.25) is 0 Å². The zero-order valence-corrected chi connectivity index (χ0v) is 19.1. The Morgan fingerprint density at radius 2 is 1.56 bits per heavy atom. The number of nitrogens with zero attached hydrogens (tertiary/aromatic N) is 3. The molecule has 2 N–H and O–H groups in total. The number of phenolic OH excluding ortho intramolecular Hbond substituents is 1. The van der Waals surface area contributed by atoms with Crippen molar-refractivity contribution in [3.63, 3.8) is 0 Å². The summed E-state index contributed by atoms with van der Waals surface area (Å²) in [7, 11) is -3.46. The second-order valence-electron chi connectivity index (χ2n) is 8.31. The molecule has 4 rings (SSSR count). The maximum atomic E-state index is 12.8. The third kappa shape index (κ3) is 4.74. The van der Waals surface area contributed by atoms with Crippen LogP contribution in [0.1, 0.15) is 19.8 Å². The number of piperazine rings is 1. The smallest absolute Gasteiger partial charge is 0.243 e. The van der Waals surface area contributed by atoms with Crippen LogP contribution in [0.4, 0.5) is 11.4 Å². The van der Waals surface area contributed by atoms with Crippen molar-refractivity contribution in [3.8, 4) is 5.75 Å². The normalized spacial score (nSPS) is 19.1. The van der Waals surface area contributed by atoms with E-state index in [0.717, 1.165) is 31.6 Å². The van der Waals surface area contributed by atoms with E-state index in [2.05, 4.69) is 15.1 Å². The molecule has 1 amide bonds. The highest BCUT2D eigenvalue weighted by atomic mass is 32.2. The topological polar surface area (TPSA) is 93.2 Å². The van der Waals surface area contributed by atoms with Crippen molar-refractivity contribution in [1.82, 2.24) is 9.21 Å². The van der Waals surface area contributed by atoms with Crippen molar-refractivity contribution in [2.75, 3.05) is 49.5 Å². The molecular formula is C23H30N4O4S. The van der Waals surface area contributed by atoms with Gasteiger partial charge in [0.2, 0.25) is 15.9 Å². The van der Waals surface area contributed by atoms with Gasteiger partial charge in [-0.3, -0.25) is 9.69 Å². The largest absolute Gasteiger partial charge is 0.506 e. The number of anilines is 2. The first-order valence-corrected chi connectivity index (χ1v) is 12.5. The van der Waals surface area contributed by atoms with Crippen molar-refractivity contribution in [1.29, 1.82) is 0 Å². The number of hydrogen-bond donors (Lipinski definition) is 2. The van der Waals surface area contributed by atoms with E-state index in [1.165, 1.54) is 4.31 Å². The molecule has 0 radical (unpaired) electrons. The average molecular weight is 459 g/mol. The Bertz CT molecular complexity index is 1040. The second kappa shape index (κ2) is 9.48. The van der Waals surface area contributed by atoms with Gasteiger partial charge >= 0.3 is 0 Å². The number of nitrogens with one attached hydrogen (secondary N) is 1. The van der Waals surface area contributed by atoms with E-state index in [-0.39, 0.29) is 22.6 Å². The van der Waals surface area contributed by atoms with E-state index in [9.17, 15) is 18.3 Å². The van der Waals surface area contributed by atoms with Crippen LogP contribution in [0.25, 0.3) is 0 Å². The minimum atomic E-state index is -3.46. The number of sulfonamides is 1. The average Bonchev–Trinajstić information content (AvgIpc) is 3.35. The molecule has 172 valence electrons. The first-order valence-electron chi connectivity index (χ1n) is 11.0. The molecule has 1 atom stereocenters. The Labute approximate surface area is 189 Å². The summed E-state index contributed by atoms with van der Waals surface area (Å²) >= 11 is 0. The number of benzene rings is 2. The summed E-state index contributed by atoms with van der Waals surface area (Å²) < 4.78 is 26.8. The molecule has 0 spiro atoms. The Morgan fingerprint density at radius 1 is 0.938 bits per heavy atom. The highest BCUT2D eigenvalue weighted by molar-refractivity contribution is 7.89. The number of aromatic hydroxyl groups is 1. The standard InChI is InChI=1S/C23H30N4O4S/c1-18(25-14-16-26(17-15-25)21-6-2-3-7-22(21)28)23(29)24-19-8-10-20(11-9-19)32(30,31)27-12-4-5-13-27/h2-3,6-11,18,28H,4-5,12-17H2,1H3,(H,24,29)/t18-/m0/s1. The van der Waals surface area contributed by atoms with E-state index in [1.807, 2.05) is 19.1 Å². The lowest BCUT2D eigenvalue weighted by atomic mass is 10.2. The van der Waals surface area contributed by atoms with Crippen molar-refractivity contribution >= 4 is 27.3 Å². The van der Waals surface area contributed by atoms with Crippen LogP contribution in [-0.4, -0.2) is 73.9 Å². The first-order chi connectivity index (χ1) is 15.4. The van der Waals surface area contributed by atoms with Gasteiger partial charge in [0.25, 0.3) is 0 Å². The van der Waals surface area contributed by atoms with Crippen LogP contribution in [0.15, 0.2) is 53.4 Å². The van der Waals surface area contributed by atoms with Gasteiger partial charge in [0.05, 0.1) is 16.6 Å². The lowest BCUT2D eigenvalue weighted by Gasteiger charge is -2.38. The molecule has 2 aliphatic rings. The summed E-state index contributed by atoms with van der Waals surface area (Å²) in [5, 5.41) is 13.0. The maximum Gasteiger partial charge on any atom is 0.243 e. The van der Waals surface area contributed by atoms with E-state index < -0.39 is 10.0 Å². The number of para-hydroxylation sites is 2. The molecule has 0 aromatic heterocycles. The van der Waals surface area contributed by atoms with Gasteiger partial charge in [0, 0.05) is 45.0 Å². The van der Waals surface area contributed by atoms with E-state index in [4.69, 9.17) is 0 Å². The SMILES string of the molecule is C[C@@H](C(=O)Nc1ccc(S(=O)(=O)N2CCCC2)cc1)N1CCN(c2ccccc2O)CC1. The Balaban J connectivity index is 1.32. The molecule has 32 heavy (non-hydrogen) atoms. The van der Waals surface area contributed by atoms with Crippen molar-refractivity contribution < 1.29 is 18.3 Å². The molecular weight excluding hydrogens is 428 g/mol. The molecule has 9 heteroatoms. The molecule has 2 aromatic carbocycles. The molecule has 0 saturated carbocycles. The van der Waals surface area contributed by atoms with Gasteiger partial charge in [-0.1, -0.05) is 12.1 Å². The molecule has 2 fully saturated rings. The number of carbonyl (C=O) groups is 1. The Morgan fingerprint density at radius 3 is 2.19 bits per heavy atom. The van der Waals surface area contributed by atoms with Crippen LogP contribution in [-0.2, 0) is 14.8 Å². The van der Waals surface area contributed by atoms with Crippen LogP contribution < -0.4 is 10.2 Å². The third-order valence-corrected chi connectivity index (χ3v) is 8.20. The van der Waals surface area contributed by atoms with Crippen LogP contribution in [0, 0.1) is 0 Å². The number of phenols is 1. The monoisotopic (exact) mass is 458 g/mol. The summed E-state index contributed by atoms with van der Waals surface area (Å²) in [6.07, 6.45) is 1.79. The second-order valence-corrected chi connectivity index (χ2v) is 10.3. The molecule has 2 aromatic rings. The van der Waals surface area contributed by atoms with E-state index in [1.54, 1.807) is 36.4 Å². The molecule has 0 bridgehead atoms. The zero-order chi connectivity index (χ0) is 22.7. The third-order valence-electron chi connectivity index (χ3n) is 6.29. The summed E-state index contributed by atoms with van der Waals surface area (Å²) in [5.41, 5.74) is 1.39. The lowest BCUT2D eigenvalue weighted by molar-refractivity contribution is -0.120. The minimum Gasteiger partial charge on any atom is -0.506 e. The van der Waals surface area contributed by atoms with Crippen LogP contribution in [0.5, 0.6) is 5.75 Å². The van der Waals surface area contributed by atoms with Crippen molar-refractivity contribution in [2.24, 2.45) is 0 Å². The fourth-order valence-electron chi connectivity index (χ4n) is 4.28. The molecule has 2 saturated heterocycles. The molecule has 0 aliphatic carbocycles.